The first-order valence-corrected chi connectivity index (χ1v) is 17.9. The van der Waals surface area contributed by atoms with Crippen LogP contribution in [0.1, 0.15) is 0 Å². The van der Waals surface area contributed by atoms with Crippen LogP contribution in [0.15, 0.2) is 200 Å². The van der Waals surface area contributed by atoms with Crippen LogP contribution in [0.3, 0.4) is 0 Å². The molecule has 0 fully saturated rings. The normalized spacial score (nSPS) is 11.0. The molecule has 0 aliphatic rings. The van der Waals surface area contributed by atoms with Crippen molar-refractivity contribution in [3.8, 4) is 90.1 Å². The van der Waals surface area contributed by atoms with Crippen molar-refractivity contribution in [1.82, 2.24) is 24.9 Å². The smallest absolute Gasteiger partial charge is 0.160 e. The van der Waals surface area contributed by atoms with Gasteiger partial charge in [0.2, 0.25) is 0 Å². The first-order valence-electron chi connectivity index (χ1n) is 17.9. The second-order valence-corrected chi connectivity index (χ2v) is 13.0. The number of hydrogen-bond donors (Lipinski definition) is 0. The summed E-state index contributed by atoms with van der Waals surface area (Å²) < 4.78 is 0. The zero-order chi connectivity index (χ0) is 36.1. The van der Waals surface area contributed by atoms with Gasteiger partial charge in [-0.05, 0) is 64.2 Å². The van der Waals surface area contributed by atoms with Gasteiger partial charge in [-0.25, -0.2) is 15.0 Å². The second kappa shape index (κ2) is 14.7. The Balaban J connectivity index is 1.05. The molecule has 0 N–H and O–H groups in total. The molecular formula is C49H33N5. The molecule has 0 aliphatic carbocycles. The van der Waals surface area contributed by atoms with Crippen LogP contribution in [0, 0.1) is 0 Å². The van der Waals surface area contributed by atoms with E-state index in [4.69, 9.17) is 19.9 Å². The van der Waals surface area contributed by atoms with E-state index in [1.54, 1.807) is 6.20 Å². The molecule has 0 amide bonds. The minimum Gasteiger partial charge on any atom is -0.255 e. The monoisotopic (exact) mass is 691 g/mol. The maximum absolute atomic E-state index is 5.07. The topological polar surface area (TPSA) is 64.5 Å². The number of rotatable bonds is 8. The van der Waals surface area contributed by atoms with Crippen molar-refractivity contribution < 1.29 is 0 Å². The quantitative estimate of drug-likeness (QED) is 0.159. The van der Waals surface area contributed by atoms with Crippen LogP contribution in [0.2, 0.25) is 0 Å². The van der Waals surface area contributed by atoms with Crippen LogP contribution in [0.5, 0.6) is 0 Å². The average Bonchev–Trinajstić information content (AvgIpc) is 3.27. The van der Waals surface area contributed by atoms with Crippen LogP contribution < -0.4 is 0 Å². The van der Waals surface area contributed by atoms with Gasteiger partial charge < -0.3 is 0 Å². The zero-order valence-corrected chi connectivity index (χ0v) is 29.3. The van der Waals surface area contributed by atoms with Gasteiger partial charge in [0.15, 0.2) is 5.82 Å². The highest BCUT2D eigenvalue weighted by Crippen LogP contribution is 2.36. The third kappa shape index (κ3) is 6.82. The molecule has 0 saturated heterocycles. The van der Waals surface area contributed by atoms with Crippen molar-refractivity contribution in [2.75, 3.05) is 0 Å². The maximum atomic E-state index is 5.07. The molecule has 9 rings (SSSR count). The molecular weight excluding hydrogens is 659 g/mol. The van der Waals surface area contributed by atoms with Crippen molar-refractivity contribution in [3.05, 3.63) is 200 Å². The molecule has 0 saturated carbocycles. The van der Waals surface area contributed by atoms with E-state index in [1.165, 1.54) is 0 Å². The average molecular weight is 692 g/mol. The minimum absolute atomic E-state index is 0.697. The lowest BCUT2D eigenvalue weighted by Gasteiger charge is -2.13. The highest BCUT2D eigenvalue weighted by Gasteiger charge is 2.15. The largest absolute Gasteiger partial charge is 0.255 e. The number of nitrogens with zero attached hydrogens (tertiary/aromatic N) is 5. The van der Waals surface area contributed by atoms with Gasteiger partial charge in [0.1, 0.15) is 0 Å². The Morgan fingerprint density at radius 1 is 0.259 bits per heavy atom. The third-order valence-electron chi connectivity index (χ3n) is 9.44. The molecule has 5 nitrogen and oxygen atoms in total. The molecule has 0 atom stereocenters. The minimum atomic E-state index is 0.697. The van der Waals surface area contributed by atoms with Crippen molar-refractivity contribution in [3.63, 3.8) is 0 Å². The fourth-order valence-corrected chi connectivity index (χ4v) is 6.68. The fraction of sp³-hybridized carbons (Fsp3) is 0. The predicted molar refractivity (Wildman–Crippen MR) is 219 cm³/mol. The molecule has 4 heterocycles. The lowest BCUT2D eigenvalue weighted by atomic mass is 9.93. The highest BCUT2D eigenvalue weighted by molar-refractivity contribution is 5.86. The number of hydrogen-bond acceptors (Lipinski definition) is 5. The van der Waals surface area contributed by atoms with Crippen LogP contribution in [0.4, 0.5) is 0 Å². The summed E-state index contributed by atoms with van der Waals surface area (Å²) in [7, 11) is 0. The number of aromatic nitrogens is 5. The van der Waals surface area contributed by atoms with E-state index < -0.39 is 0 Å². The van der Waals surface area contributed by atoms with Gasteiger partial charge in [0.05, 0.1) is 34.2 Å². The lowest BCUT2D eigenvalue weighted by Crippen LogP contribution is -1.96. The van der Waals surface area contributed by atoms with Crippen molar-refractivity contribution in [2.24, 2.45) is 0 Å². The summed E-state index contributed by atoms with van der Waals surface area (Å²) in [6.45, 7) is 0. The first-order chi connectivity index (χ1) is 26.7. The van der Waals surface area contributed by atoms with Crippen molar-refractivity contribution >= 4 is 0 Å². The van der Waals surface area contributed by atoms with Gasteiger partial charge in [-0.1, -0.05) is 152 Å². The highest BCUT2D eigenvalue weighted by atomic mass is 14.9. The van der Waals surface area contributed by atoms with E-state index in [-0.39, 0.29) is 0 Å². The van der Waals surface area contributed by atoms with E-state index in [1.807, 2.05) is 85.1 Å². The van der Waals surface area contributed by atoms with Gasteiger partial charge in [0.25, 0.3) is 0 Å². The summed E-state index contributed by atoms with van der Waals surface area (Å²) >= 11 is 0. The van der Waals surface area contributed by atoms with Crippen molar-refractivity contribution in [2.45, 2.75) is 0 Å². The molecule has 0 bridgehead atoms. The summed E-state index contributed by atoms with van der Waals surface area (Å²) in [5.74, 6) is 0.697. The SMILES string of the molecule is c1ccc(-c2cc(-c3ccc(-c4ccc(-c5cc(-c6ccccc6-c6ccccc6)cc(-c6ccccn6)n5)nc4)cc3)nc(-c3ccccc3)n2)cc1. The van der Waals surface area contributed by atoms with Crippen molar-refractivity contribution in [1.29, 1.82) is 0 Å². The fourth-order valence-electron chi connectivity index (χ4n) is 6.68. The molecule has 5 heteroatoms. The summed E-state index contributed by atoms with van der Waals surface area (Å²) in [6.07, 6.45) is 3.72. The molecule has 0 aliphatic heterocycles. The number of benzene rings is 5. The van der Waals surface area contributed by atoms with Crippen LogP contribution in [-0.4, -0.2) is 24.9 Å². The molecule has 0 radical (unpaired) electrons. The lowest BCUT2D eigenvalue weighted by molar-refractivity contribution is 1.18. The van der Waals surface area contributed by atoms with E-state index in [0.717, 1.165) is 84.2 Å². The predicted octanol–water partition coefficient (Wildman–Crippen LogP) is 12.0. The van der Waals surface area contributed by atoms with E-state index in [0.29, 0.717) is 5.82 Å². The molecule has 0 spiro atoms. The van der Waals surface area contributed by atoms with Crippen LogP contribution in [0.25, 0.3) is 90.1 Å². The molecule has 254 valence electrons. The Bertz CT molecular complexity index is 2610. The molecule has 9 aromatic rings. The van der Waals surface area contributed by atoms with E-state index >= 15 is 0 Å². The maximum Gasteiger partial charge on any atom is 0.160 e. The summed E-state index contributed by atoms with van der Waals surface area (Å²) in [5, 5.41) is 0. The third-order valence-corrected chi connectivity index (χ3v) is 9.44. The van der Waals surface area contributed by atoms with Gasteiger partial charge in [0, 0.05) is 34.6 Å². The first kappa shape index (κ1) is 32.5. The molecule has 4 aromatic heterocycles. The number of pyridine rings is 3. The van der Waals surface area contributed by atoms with E-state index in [2.05, 4.69) is 114 Å². The van der Waals surface area contributed by atoms with Gasteiger partial charge in [-0.2, -0.15) is 0 Å². The Labute approximate surface area is 314 Å². The Hall–Kier alpha value is -7.37. The zero-order valence-electron chi connectivity index (χ0n) is 29.3. The van der Waals surface area contributed by atoms with Crippen LogP contribution in [-0.2, 0) is 0 Å². The van der Waals surface area contributed by atoms with E-state index in [9.17, 15) is 0 Å². The van der Waals surface area contributed by atoms with Gasteiger partial charge in [-0.15, -0.1) is 0 Å². The molecule has 5 aromatic carbocycles. The summed E-state index contributed by atoms with van der Waals surface area (Å²) in [6, 6.07) is 64.1. The summed E-state index contributed by atoms with van der Waals surface area (Å²) in [5.41, 5.74) is 14.5. The summed E-state index contributed by atoms with van der Waals surface area (Å²) in [4.78, 5) is 24.6. The Morgan fingerprint density at radius 2 is 0.759 bits per heavy atom. The molecule has 0 unspecified atom stereocenters. The molecule has 54 heavy (non-hydrogen) atoms. The van der Waals surface area contributed by atoms with Gasteiger partial charge >= 0.3 is 0 Å². The van der Waals surface area contributed by atoms with Gasteiger partial charge in [-0.3, -0.25) is 9.97 Å². The van der Waals surface area contributed by atoms with Crippen LogP contribution >= 0.6 is 0 Å². The standard InChI is InChI=1S/C49H33N5/c1-4-14-35(15-5-1)41-20-10-11-21-42(41)40-30-47(43-22-12-13-29-50-43)52-48(31-40)44-28-27-39(33-51-44)34-23-25-37(26-24-34)46-32-45(36-16-6-2-7-17-36)53-49(54-46)38-18-8-3-9-19-38/h1-33H. The Kier molecular flexibility index (Phi) is 8.86. The Morgan fingerprint density at radius 3 is 1.35 bits per heavy atom. The second-order valence-electron chi connectivity index (χ2n) is 13.0.